The van der Waals surface area contributed by atoms with Crippen LogP contribution in [0.25, 0.3) is 0 Å². The van der Waals surface area contributed by atoms with E-state index in [-0.39, 0.29) is 17.1 Å². The van der Waals surface area contributed by atoms with E-state index in [0.29, 0.717) is 19.0 Å². The van der Waals surface area contributed by atoms with E-state index in [2.05, 4.69) is 20.4 Å². The maximum atomic E-state index is 13.4. The summed E-state index contributed by atoms with van der Waals surface area (Å²) in [5.41, 5.74) is 1.19. The number of benzene rings is 1. The van der Waals surface area contributed by atoms with Gasteiger partial charge in [-0.25, -0.2) is 9.18 Å². The van der Waals surface area contributed by atoms with Crippen molar-refractivity contribution >= 4 is 11.9 Å². The van der Waals surface area contributed by atoms with Gasteiger partial charge in [-0.1, -0.05) is 12.1 Å². The molecule has 0 unspecified atom stereocenters. The number of halogens is 4. The monoisotopic (exact) mass is 515 g/mol. The molecule has 0 atom stereocenters. The van der Waals surface area contributed by atoms with Gasteiger partial charge in [0.1, 0.15) is 11.6 Å². The van der Waals surface area contributed by atoms with Crippen LogP contribution < -0.4 is 5.32 Å². The summed E-state index contributed by atoms with van der Waals surface area (Å²) < 4.78 is 52.2. The molecular weight excluding hydrogens is 486 g/mol. The van der Waals surface area contributed by atoms with Crippen molar-refractivity contribution in [2.75, 3.05) is 33.4 Å². The van der Waals surface area contributed by atoms with Crippen LogP contribution in [0.4, 0.5) is 17.6 Å². The average molecular weight is 516 g/mol. The fourth-order valence-corrected chi connectivity index (χ4v) is 4.48. The van der Waals surface area contributed by atoms with Gasteiger partial charge in [0.25, 0.3) is 5.91 Å². The lowest BCUT2D eigenvalue weighted by molar-refractivity contribution is -0.192. The Morgan fingerprint density at radius 3 is 2.50 bits per heavy atom. The molecule has 0 saturated carbocycles. The summed E-state index contributed by atoms with van der Waals surface area (Å²) in [5.74, 6) is -1.83. The molecule has 2 N–H and O–H groups in total. The highest BCUT2D eigenvalue weighted by Gasteiger charge is 2.40. The minimum absolute atomic E-state index is 0.176. The number of alkyl halides is 3. The van der Waals surface area contributed by atoms with Crippen LogP contribution in [-0.4, -0.2) is 76.2 Å². The number of rotatable bonds is 6. The number of aliphatic carboxylic acids is 1. The molecule has 4 rings (SSSR count). The molecule has 2 aromatic rings. The summed E-state index contributed by atoms with van der Waals surface area (Å²) >= 11 is 0. The third kappa shape index (κ3) is 7.23. The third-order valence-corrected chi connectivity index (χ3v) is 6.45. The first-order valence-corrected chi connectivity index (χ1v) is 11.5. The Kier molecular flexibility index (Phi) is 9.01. The molecule has 2 aliphatic rings. The Bertz CT molecular complexity index is 1050. The minimum atomic E-state index is -5.08. The van der Waals surface area contributed by atoms with Crippen LogP contribution in [0.1, 0.15) is 41.3 Å². The van der Waals surface area contributed by atoms with Crippen molar-refractivity contribution < 1.29 is 37.0 Å². The molecule has 1 saturated heterocycles. The lowest BCUT2D eigenvalue weighted by atomic mass is 9.73. The molecule has 0 radical (unpaired) electrons. The van der Waals surface area contributed by atoms with Crippen molar-refractivity contribution in [1.29, 1.82) is 0 Å². The van der Waals surface area contributed by atoms with E-state index in [9.17, 15) is 22.4 Å². The van der Waals surface area contributed by atoms with Crippen LogP contribution in [0.5, 0.6) is 0 Å². The molecule has 0 bridgehead atoms. The Balaban J connectivity index is 0.000000454. The molecule has 0 aliphatic carbocycles. The number of fused-ring (bicyclic) bond motifs is 1. The number of nitrogens with zero attached hydrogens (tertiary/aromatic N) is 4. The number of amides is 1. The second-order valence-corrected chi connectivity index (χ2v) is 8.98. The number of likely N-dealkylation sites (tertiary alicyclic amines) is 1. The predicted molar refractivity (Wildman–Crippen MR) is 120 cm³/mol. The fraction of sp³-hybridized carbons (Fsp3) is 0.565. The Labute approximate surface area is 205 Å². The van der Waals surface area contributed by atoms with Crippen LogP contribution in [0.15, 0.2) is 24.3 Å². The van der Waals surface area contributed by atoms with Crippen LogP contribution in [-0.2, 0) is 29.0 Å². The second kappa shape index (κ2) is 11.8. The quantitative estimate of drug-likeness (QED) is 0.450. The van der Waals surface area contributed by atoms with E-state index in [1.54, 1.807) is 19.2 Å². The topological polar surface area (TPSA) is 110 Å². The first-order chi connectivity index (χ1) is 17.0. The van der Waals surface area contributed by atoms with E-state index in [1.807, 2.05) is 10.6 Å². The van der Waals surface area contributed by atoms with Gasteiger partial charge in [-0.3, -0.25) is 9.69 Å². The van der Waals surface area contributed by atoms with Crippen molar-refractivity contribution in [1.82, 2.24) is 25.0 Å². The van der Waals surface area contributed by atoms with Crippen molar-refractivity contribution in [3.8, 4) is 0 Å². The van der Waals surface area contributed by atoms with Crippen LogP contribution in [0, 0.1) is 11.2 Å². The fourth-order valence-electron chi connectivity index (χ4n) is 4.48. The number of methoxy groups -OCH3 is 1. The number of hydrogen-bond donors (Lipinski definition) is 2. The van der Waals surface area contributed by atoms with E-state index >= 15 is 0 Å². The smallest absolute Gasteiger partial charge is 0.475 e. The van der Waals surface area contributed by atoms with Gasteiger partial charge in [0.05, 0.1) is 6.61 Å². The van der Waals surface area contributed by atoms with Crippen molar-refractivity contribution in [3.05, 3.63) is 47.3 Å². The Hall–Kier alpha value is -3.06. The first kappa shape index (κ1) is 27.5. The zero-order valence-corrected chi connectivity index (χ0v) is 19.9. The number of carbonyl (C=O) groups excluding carboxylic acids is 1. The van der Waals surface area contributed by atoms with Gasteiger partial charge in [0.2, 0.25) is 5.82 Å². The highest BCUT2D eigenvalue weighted by Crippen LogP contribution is 2.41. The number of aromatic nitrogens is 3. The van der Waals surface area contributed by atoms with Crippen LogP contribution >= 0.6 is 0 Å². The number of carboxylic acids is 1. The molecule has 2 aliphatic heterocycles. The summed E-state index contributed by atoms with van der Waals surface area (Å²) in [5, 5.41) is 18.4. The minimum Gasteiger partial charge on any atom is -0.475 e. The normalized spacial score (nSPS) is 17.1. The number of ether oxygens (including phenoxy) is 1. The van der Waals surface area contributed by atoms with Gasteiger partial charge in [0, 0.05) is 33.2 Å². The van der Waals surface area contributed by atoms with Gasteiger partial charge in [0.15, 0.2) is 0 Å². The average Bonchev–Trinajstić information content (AvgIpc) is 3.24. The number of aryl methyl sites for hydroxylation is 1. The highest BCUT2D eigenvalue weighted by atomic mass is 19.4. The van der Waals surface area contributed by atoms with Gasteiger partial charge in [-0.2, -0.15) is 13.2 Å². The molecule has 198 valence electrons. The summed E-state index contributed by atoms with van der Waals surface area (Å²) in [7, 11) is 1.61. The molecule has 9 nitrogen and oxygen atoms in total. The standard InChI is InChI=1S/C21H28FN5O2.C2HF3O2/c1-29-12-9-23-20(28)19-25-24-18-5-6-21(15-27(18)19)7-10-26(11-8-21)14-16-3-2-4-17(22)13-16;3-2(4,5)1(6)7/h2-4,13H,5-12,14-15H2,1H3,(H,23,28);(H,6,7). The summed E-state index contributed by atoms with van der Waals surface area (Å²) in [6.07, 6.45) is -1.04. The Morgan fingerprint density at radius 1 is 1.19 bits per heavy atom. The van der Waals surface area contributed by atoms with Crippen molar-refractivity contribution in [2.45, 2.75) is 44.9 Å². The molecule has 1 aromatic carbocycles. The maximum Gasteiger partial charge on any atom is 0.490 e. The summed E-state index contributed by atoms with van der Waals surface area (Å²) in [4.78, 5) is 23.8. The zero-order chi connectivity index (χ0) is 26.3. The van der Waals surface area contributed by atoms with Gasteiger partial charge in [-0.15, -0.1) is 10.2 Å². The highest BCUT2D eigenvalue weighted by molar-refractivity contribution is 5.90. The lowest BCUT2D eigenvalue weighted by Gasteiger charge is -2.44. The Morgan fingerprint density at radius 2 is 1.89 bits per heavy atom. The SMILES string of the molecule is COCCNC(=O)c1nnc2n1CC1(CC2)CCN(Cc2cccc(F)c2)CC1.O=C(O)C(F)(F)F. The van der Waals surface area contributed by atoms with E-state index in [0.717, 1.165) is 63.3 Å². The number of nitrogens with one attached hydrogen (secondary N) is 1. The third-order valence-electron chi connectivity index (χ3n) is 6.45. The van der Waals surface area contributed by atoms with Gasteiger partial charge < -0.3 is 19.7 Å². The molecule has 13 heteroatoms. The number of piperidine rings is 1. The van der Waals surface area contributed by atoms with E-state index in [4.69, 9.17) is 14.6 Å². The molecule has 36 heavy (non-hydrogen) atoms. The van der Waals surface area contributed by atoms with Crippen molar-refractivity contribution in [2.24, 2.45) is 5.41 Å². The van der Waals surface area contributed by atoms with Gasteiger partial charge >= 0.3 is 12.1 Å². The van der Waals surface area contributed by atoms with E-state index in [1.165, 1.54) is 6.07 Å². The molecular formula is C23H29F4N5O4. The van der Waals surface area contributed by atoms with Crippen LogP contribution in [0.3, 0.4) is 0 Å². The van der Waals surface area contributed by atoms with Gasteiger partial charge in [-0.05, 0) is 55.5 Å². The molecule has 3 heterocycles. The first-order valence-electron chi connectivity index (χ1n) is 11.5. The zero-order valence-electron chi connectivity index (χ0n) is 19.9. The molecule has 1 aromatic heterocycles. The molecule has 1 amide bonds. The number of carbonyl (C=O) groups is 2. The lowest BCUT2D eigenvalue weighted by Crippen LogP contribution is -2.45. The summed E-state index contributed by atoms with van der Waals surface area (Å²) in [6.45, 7) is 4.44. The maximum absolute atomic E-state index is 13.4. The predicted octanol–water partition coefficient (Wildman–Crippen LogP) is 2.66. The van der Waals surface area contributed by atoms with Crippen molar-refractivity contribution in [3.63, 3.8) is 0 Å². The summed E-state index contributed by atoms with van der Waals surface area (Å²) in [6, 6.07) is 6.84. The number of carboxylic acid groups (broad SMARTS) is 1. The van der Waals surface area contributed by atoms with E-state index < -0.39 is 12.1 Å². The number of hydrogen-bond acceptors (Lipinski definition) is 6. The molecule has 1 fully saturated rings. The molecule has 1 spiro atoms. The second-order valence-electron chi connectivity index (χ2n) is 8.98. The largest absolute Gasteiger partial charge is 0.490 e. The van der Waals surface area contributed by atoms with Crippen LogP contribution in [0.2, 0.25) is 0 Å².